The highest BCUT2D eigenvalue weighted by Crippen LogP contribution is 2.13. The number of hydrogen-bond acceptors (Lipinski definition) is 6. The Hall–Kier alpha value is -2.03. The summed E-state index contributed by atoms with van der Waals surface area (Å²) in [5, 5.41) is 5.04. The smallest absolute Gasteiger partial charge is 0.240 e. The second kappa shape index (κ2) is 7.25. The maximum atomic E-state index is 12.4. The zero-order valence-electron chi connectivity index (χ0n) is 13.5. The summed E-state index contributed by atoms with van der Waals surface area (Å²) in [6.07, 6.45) is 1.63. The van der Waals surface area contributed by atoms with E-state index in [1.807, 2.05) is 30.3 Å². The molecule has 7 nitrogen and oxygen atoms in total. The predicted octanol–water partition coefficient (Wildman–Crippen LogP) is 1.50. The monoisotopic (exact) mass is 348 g/mol. The lowest BCUT2D eigenvalue weighted by molar-refractivity contribution is 0.164. The van der Waals surface area contributed by atoms with Gasteiger partial charge >= 0.3 is 0 Å². The summed E-state index contributed by atoms with van der Waals surface area (Å²) in [6.45, 7) is 4.51. The van der Waals surface area contributed by atoms with Gasteiger partial charge in [-0.15, -0.1) is 0 Å². The molecule has 1 aromatic heterocycles. The Morgan fingerprint density at radius 1 is 1.17 bits per heavy atom. The molecule has 0 bridgehead atoms. The van der Waals surface area contributed by atoms with Crippen molar-refractivity contribution in [2.24, 2.45) is 0 Å². The van der Waals surface area contributed by atoms with Gasteiger partial charge in [0.25, 0.3) is 0 Å². The van der Waals surface area contributed by atoms with E-state index in [1.54, 1.807) is 13.0 Å². The van der Waals surface area contributed by atoms with E-state index in [0.717, 1.165) is 5.56 Å². The topological polar surface area (TPSA) is 79.5 Å². The van der Waals surface area contributed by atoms with Crippen LogP contribution in [0.3, 0.4) is 0 Å². The number of piperazine rings is 1. The van der Waals surface area contributed by atoms with Crippen molar-refractivity contribution in [3.05, 3.63) is 53.0 Å². The third kappa shape index (κ3) is 4.28. The lowest BCUT2D eigenvalue weighted by atomic mass is 10.2. The van der Waals surface area contributed by atoms with Gasteiger partial charge in [-0.1, -0.05) is 35.5 Å². The second-order valence-electron chi connectivity index (χ2n) is 5.67. The minimum atomic E-state index is -3.40. The molecule has 0 unspecified atom stereocenters. The third-order valence-electron chi connectivity index (χ3n) is 3.85. The van der Waals surface area contributed by atoms with Gasteiger partial charge in [-0.05, 0) is 18.6 Å². The number of nitrogens with zero attached hydrogens (tertiary/aromatic N) is 4. The van der Waals surface area contributed by atoms with E-state index in [-0.39, 0.29) is 0 Å². The van der Waals surface area contributed by atoms with Gasteiger partial charge in [0.1, 0.15) is 0 Å². The van der Waals surface area contributed by atoms with E-state index in [4.69, 9.17) is 4.52 Å². The molecular formula is C16H20N4O3S. The van der Waals surface area contributed by atoms with Crippen LogP contribution >= 0.6 is 0 Å². The van der Waals surface area contributed by atoms with Crippen LogP contribution in [0.5, 0.6) is 0 Å². The number of aryl methyl sites for hydroxylation is 1. The lowest BCUT2D eigenvalue weighted by Crippen LogP contribution is -2.47. The molecule has 1 aromatic carbocycles. The Balaban J connectivity index is 1.56. The largest absolute Gasteiger partial charge is 0.338 e. The minimum absolute atomic E-state index is 0.453. The number of benzene rings is 1. The molecule has 1 fully saturated rings. The first-order valence-corrected chi connectivity index (χ1v) is 9.28. The number of rotatable bonds is 5. The number of aromatic nitrogens is 2. The van der Waals surface area contributed by atoms with Crippen molar-refractivity contribution >= 4 is 16.1 Å². The Bertz CT molecular complexity index is 794. The first-order valence-electron chi connectivity index (χ1n) is 7.78. The van der Waals surface area contributed by atoms with Crippen molar-refractivity contribution in [2.45, 2.75) is 13.5 Å². The number of hydrogen-bond donors (Lipinski definition) is 0. The fraction of sp³-hybridized carbons (Fsp3) is 0.375. The SMILES string of the molecule is Cc1noc(CN2CCN(S(=O)(=O)C=Cc3ccccc3)CC2)n1. The van der Waals surface area contributed by atoms with Gasteiger partial charge in [-0.3, -0.25) is 4.90 Å². The van der Waals surface area contributed by atoms with E-state index in [9.17, 15) is 8.42 Å². The van der Waals surface area contributed by atoms with E-state index >= 15 is 0 Å². The Labute approximate surface area is 141 Å². The summed E-state index contributed by atoms with van der Waals surface area (Å²) in [5.41, 5.74) is 0.867. The molecule has 0 amide bonds. The van der Waals surface area contributed by atoms with Gasteiger partial charge in [0.2, 0.25) is 15.9 Å². The molecule has 0 N–H and O–H groups in total. The van der Waals surface area contributed by atoms with Crippen LogP contribution in [-0.4, -0.2) is 53.9 Å². The van der Waals surface area contributed by atoms with Crippen LogP contribution in [0.25, 0.3) is 6.08 Å². The van der Waals surface area contributed by atoms with Crippen LogP contribution in [0.1, 0.15) is 17.3 Å². The van der Waals surface area contributed by atoms with Gasteiger partial charge in [-0.2, -0.15) is 9.29 Å². The maximum absolute atomic E-state index is 12.4. The molecule has 1 aliphatic rings. The van der Waals surface area contributed by atoms with E-state index < -0.39 is 10.0 Å². The molecule has 128 valence electrons. The minimum Gasteiger partial charge on any atom is -0.338 e. The first kappa shape index (κ1) is 16.8. The molecule has 0 radical (unpaired) electrons. The van der Waals surface area contributed by atoms with Crippen molar-refractivity contribution in [1.82, 2.24) is 19.3 Å². The fourth-order valence-electron chi connectivity index (χ4n) is 2.55. The van der Waals surface area contributed by atoms with Crippen LogP contribution in [0, 0.1) is 6.92 Å². The van der Waals surface area contributed by atoms with Gasteiger partial charge in [0, 0.05) is 31.6 Å². The molecule has 1 aliphatic heterocycles. The highest BCUT2D eigenvalue weighted by molar-refractivity contribution is 7.92. The standard InChI is InChI=1S/C16H20N4O3S/c1-14-17-16(23-18-14)13-19-8-10-20(11-9-19)24(21,22)12-7-15-5-3-2-4-6-15/h2-7,12H,8-11,13H2,1H3. The summed E-state index contributed by atoms with van der Waals surface area (Å²) < 4.78 is 31.4. The summed E-state index contributed by atoms with van der Waals surface area (Å²) in [5.74, 6) is 1.17. The van der Waals surface area contributed by atoms with Crippen LogP contribution in [-0.2, 0) is 16.6 Å². The summed E-state index contributed by atoms with van der Waals surface area (Å²) in [4.78, 5) is 6.28. The van der Waals surface area contributed by atoms with E-state index in [1.165, 1.54) is 9.71 Å². The van der Waals surface area contributed by atoms with Gasteiger partial charge in [0.15, 0.2) is 5.82 Å². The molecule has 24 heavy (non-hydrogen) atoms. The molecular weight excluding hydrogens is 328 g/mol. The van der Waals surface area contributed by atoms with Crippen LogP contribution in [0.15, 0.2) is 40.3 Å². The van der Waals surface area contributed by atoms with E-state index in [0.29, 0.717) is 44.4 Å². The molecule has 8 heteroatoms. The summed E-state index contributed by atoms with van der Waals surface area (Å²) >= 11 is 0. The number of sulfonamides is 1. The zero-order chi connectivity index (χ0) is 17.0. The summed E-state index contributed by atoms with van der Waals surface area (Å²) in [7, 11) is -3.40. The lowest BCUT2D eigenvalue weighted by Gasteiger charge is -2.32. The third-order valence-corrected chi connectivity index (χ3v) is 5.42. The predicted molar refractivity (Wildman–Crippen MR) is 90.3 cm³/mol. The van der Waals surface area contributed by atoms with Crippen molar-refractivity contribution in [2.75, 3.05) is 26.2 Å². The zero-order valence-corrected chi connectivity index (χ0v) is 14.3. The molecule has 1 saturated heterocycles. The van der Waals surface area contributed by atoms with Crippen LogP contribution < -0.4 is 0 Å². The fourth-order valence-corrected chi connectivity index (χ4v) is 3.73. The van der Waals surface area contributed by atoms with Crippen molar-refractivity contribution in [3.63, 3.8) is 0 Å². The maximum Gasteiger partial charge on any atom is 0.240 e. The first-order chi connectivity index (χ1) is 11.5. The average molecular weight is 348 g/mol. The van der Waals surface area contributed by atoms with Gasteiger partial charge in [0.05, 0.1) is 6.54 Å². The van der Waals surface area contributed by atoms with Crippen molar-refractivity contribution in [1.29, 1.82) is 0 Å². The molecule has 0 atom stereocenters. The Morgan fingerprint density at radius 3 is 2.50 bits per heavy atom. The Kier molecular flexibility index (Phi) is 5.08. The Morgan fingerprint density at radius 2 is 1.88 bits per heavy atom. The summed E-state index contributed by atoms with van der Waals surface area (Å²) in [6, 6.07) is 9.40. The van der Waals surface area contributed by atoms with E-state index in [2.05, 4.69) is 15.0 Å². The molecule has 2 heterocycles. The van der Waals surface area contributed by atoms with Gasteiger partial charge < -0.3 is 4.52 Å². The van der Waals surface area contributed by atoms with Crippen LogP contribution in [0.2, 0.25) is 0 Å². The second-order valence-corrected chi connectivity index (χ2v) is 7.49. The molecule has 2 aromatic rings. The molecule has 0 spiro atoms. The van der Waals surface area contributed by atoms with Gasteiger partial charge in [-0.25, -0.2) is 8.42 Å². The van der Waals surface area contributed by atoms with Crippen LogP contribution in [0.4, 0.5) is 0 Å². The molecule has 0 saturated carbocycles. The highest BCUT2D eigenvalue weighted by Gasteiger charge is 2.25. The van der Waals surface area contributed by atoms with Crippen molar-refractivity contribution < 1.29 is 12.9 Å². The molecule has 3 rings (SSSR count). The molecule has 0 aliphatic carbocycles. The average Bonchev–Trinajstić information content (AvgIpc) is 2.99. The van der Waals surface area contributed by atoms with Crippen molar-refractivity contribution in [3.8, 4) is 0 Å². The highest BCUT2D eigenvalue weighted by atomic mass is 32.2. The quantitative estimate of drug-likeness (QED) is 0.815. The normalized spacial score (nSPS) is 17.5.